The van der Waals surface area contributed by atoms with E-state index in [1.54, 1.807) is 25.6 Å². The summed E-state index contributed by atoms with van der Waals surface area (Å²) in [6.45, 7) is 4.50. The third-order valence-corrected chi connectivity index (χ3v) is 7.24. The number of hydrogen-bond acceptors (Lipinski definition) is 8. The molecule has 0 aliphatic carbocycles. The van der Waals surface area contributed by atoms with Gasteiger partial charge in [-0.2, -0.15) is 4.98 Å². The van der Waals surface area contributed by atoms with Gasteiger partial charge in [-0.05, 0) is 31.5 Å². The number of benzene rings is 1. The fraction of sp³-hybridized carbons (Fsp3) is 0.273. The molecule has 0 spiro atoms. The van der Waals surface area contributed by atoms with Crippen LogP contribution in [0.5, 0.6) is 5.88 Å². The Labute approximate surface area is 198 Å². The molecule has 0 saturated carbocycles. The van der Waals surface area contributed by atoms with Gasteiger partial charge in [0.15, 0.2) is 5.82 Å². The molecule has 3 heterocycles. The van der Waals surface area contributed by atoms with Crippen LogP contribution in [-0.2, 0) is 17.9 Å². The van der Waals surface area contributed by atoms with E-state index in [0.717, 1.165) is 32.1 Å². The summed E-state index contributed by atoms with van der Waals surface area (Å²) in [7, 11) is 3.13. The van der Waals surface area contributed by atoms with Gasteiger partial charge in [0, 0.05) is 22.6 Å². The number of carbonyl (C=O) groups excluding carboxylic acids is 1. The first-order valence-electron chi connectivity index (χ1n) is 9.74. The predicted molar refractivity (Wildman–Crippen MR) is 128 cm³/mol. The van der Waals surface area contributed by atoms with Gasteiger partial charge in [0.05, 0.1) is 29.6 Å². The molecule has 0 aliphatic rings. The maximum Gasteiger partial charge on any atom is 0.262 e. The zero-order chi connectivity index (χ0) is 22.8. The van der Waals surface area contributed by atoms with Crippen LogP contribution in [0.15, 0.2) is 24.3 Å². The quantitative estimate of drug-likeness (QED) is 0.386. The lowest BCUT2D eigenvalue weighted by Crippen LogP contribution is -2.22. The number of thiazole rings is 1. The molecule has 3 aromatic heterocycles. The van der Waals surface area contributed by atoms with Crippen molar-refractivity contribution in [3.05, 3.63) is 55.4 Å². The van der Waals surface area contributed by atoms with E-state index in [-0.39, 0.29) is 12.5 Å². The fourth-order valence-corrected chi connectivity index (χ4v) is 5.47. The van der Waals surface area contributed by atoms with E-state index in [4.69, 9.17) is 26.1 Å². The van der Waals surface area contributed by atoms with Crippen molar-refractivity contribution < 1.29 is 14.3 Å². The summed E-state index contributed by atoms with van der Waals surface area (Å²) < 4.78 is 10.6. The number of aryl methyl sites for hydroxylation is 2. The van der Waals surface area contributed by atoms with Crippen molar-refractivity contribution in [3.8, 4) is 17.1 Å². The third-order valence-electron chi connectivity index (χ3n) is 4.83. The number of nitrogens with one attached hydrogen (secondary N) is 1. The number of methoxy groups -OCH3 is 2. The highest BCUT2D eigenvalue weighted by atomic mass is 35.5. The van der Waals surface area contributed by atoms with E-state index in [9.17, 15) is 4.79 Å². The van der Waals surface area contributed by atoms with Gasteiger partial charge in [0.2, 0.25) is 5.88 Å². The lowest BCUT2D eigenvalue weighted by Gasteiger charge is -2.05. The number of nitrogens with zero attached hydrogens (tertiary/aromatic N) is 3. The zero-order valence-corrected chi connectivity index (χ0v) is 20.4. The predicted octanol–water partition coefficient (Wildman–Crippen LogP) is 5.17. The summed E-state index contributed by atoms with van der Waals surface area (Å²) in [6.07, 6.45) is 0. The molecule has 0 aliphatic heterocycles. The van der Waals surface area contributed by atoms with Crippen molar-refractivity contribution >= 4 is 50.4 Å². The molecule has 1 N–H and O–H groups in total. The normalized spacial score (nSPS) is 11.2. The number of ether oxygens (including phenoxy) is 2. The standard InChI is InChI=1S/C22H21ClN4O3S2/c1-11-17-21(30-4)25-15(10-29-3)26-22(17)32-19(11)20(28)24-9-16-27-18(12(2)31-16)13-5-7-14(23)8-6-13/h5-8H,9-10H2,1-4H3,(H,24,28). The molecule has 0 radical (unpaired) electrons. The van der Waals surface area contributed by atoms with E-state index in [1.165, 1.54) is 11.3 Å². The van der Waals surface area contributed by atoms with Crippen molar-refractivity contribution in [2.24, 2.45) is 0 Å². The van der Waals surface area contributed by atoms with Gasteiger partial charge in [0.25, 0.3) is 5.91 Å². The van der Waals surface area contributed by atoms with E-state index in [1.807, 2.05) is 38.1 Å². The molecule has 0 unspecified atom stereocenters. The molecular weight excluding hydrogens is 468 g/mol. The molecule has 1 aromatic carbocycles. The Balaban J connectivity index is 1.55. The number of rotatable bonds is 7. The molecule has 0 saturated heterocycles. The lowest BCUT2D eigenvalue weighted by molar-refractivity contribution is 0.0954. The maximum absolute atomic E-state index is 13.0. The van der Waals surface area contributed by atoms with Gasteiger partial charge in [-0.25, -0.2) is 9.97 Å². The summed E-state index contributed by atoms with van der Waals surface area (Å²) in [5.74, 6) is 0.776. The number of aromatic nitrogens is 3. The summed E-state index contributed by atoms with van der Waals surface area (Å²) in [5, 5.41) is 5.24. The summed E-state index contributed by atoms with van der Waals surface area (Å²) in [4.78, 5) is 28.9. The Hall–Kier alpha value is -2.59. The third kappa shape index (κ3) is 4.47. The number of fused-ring (bicyclic) bond motifs is 1. The maximum atomic E-state index is 13.0. The Morgan fingerprint density at radius 3 is 2.53 bits per heavy atom. The minimum absolute atomic E-state index is 0.179. The second-order valence-corrected chi connectivity index (χ2v) is 9.74. The number of thiophene rings is 1. The van der Waals surface area contributed by atoms with Gasteiger partial charge in [-0.15, -0.1) is 22.7 Å². The Bertz CT molecular complexity index is 1280. The van der Waals surface area contributed by atoms with Gasteiger partial charge in [-0.1, -0.05) is 23.7 Å². The van der Waals surface area contributed by atoms with Crippen molar-refractivity contribution in [3.63, 3.8) is 0 Å². The Morgan fingerprint density at radius 1 is 1.09 bits per heavy atom. The minimum Gasteiger partial charge on any atom is -0.480 e. The van der Waals surface area contributed by atoms with E-state index < -0.39 is 0 Å². The highest BCUT2D eigenvalue weighted by Gasteiger charge is 2.21. The first kappa shape index (κ1) is 22.6. The van der Waals surface area contributed by atoms with Crippen LogP contribution in [-0.4, -0.2) is 35.1 Å². The first-order valence-corrected chi connectivity index (χ1v) is 11.8. The van der Waals surface area contributed by atoms with Gasteiger partial charge in [0.1, 0.15) is 16.4 Å². The summed E-state index contributed by atoms with van der Waals surface area (Å²) in [5.41, 5.74) is 2.69. The first-order chi connectivity index (χ1) is 15.4. The lowest BCUT2D eigenvalue weighted by atomic mass is 10.1. The van der Waals surface area contributed by atoms with Gasteiger partial charge in [-0.3, -0.25) is 4.79 Å². The second-order valence-electron chi connectivity index (χ2n) is 7.02. The van der Waals surface area contributed by atoms with Crippen LogP contribution in [0.25, 0.3) is 21.5 Å². The molecule has 10 heteroatoms. The SMILES string of the molecule is COCc1nc(OC)c2c(C)c(C(=O)NCc3nc(-c4ccc(Cl)cc4)c(C)s3)sc2n1. The topological polar surface area (TPSA) is 86.2 Å². The summed E-state index contributed by atoms with van der Waals surface area (Å²) >= 11 is 8.86. The summed E-state index contributed by atoms with van der Waals surface area (Å²) in [6, 6.07) is 7.58. The highest BCUT2D eigenvalue weighted by Crippen LogP contribution is 2.35. The molecule has 1 amide bonds. The van der Waals surface area contributed by atoms with Crippen LogP contribution in [0.1, 0.15) is 30.9 Å². The van der Waals surface area contributed by atoms with Crippen molar-refractivity contribution in [2.75, 3.05) is 14.2 Å². The Morgan fingerprint density at radius 2 is 1.84 bits per heavy atom. The zero-order valence-electron chi connectivity index (χ0n) is 18.0. The molecule has 0 atom stereocenters. The average Bonchev–Trinajstić information content (AvgIpc) is 3.32. The number of carbonyl (C=O) groups is 1. The molecule has 0 bridgehead atoms. The molecule has 0 fully saturated rings. The molecule has 32 heavy (non-hydrogen) atoms. The smallest absolute Gasteiger partial charge is 0.262 e. The average molecular weight is 489 g/mol. The molecular formula is C22H21ClN4O3S2. The molecule has 7 nitrogen and oxygen atoms in total. The van der Waals surface area contributed by atoms with Crippen LogP contribution in [0.2, 0.25) is 5.02 Å². The van der Waals surface area contributed by atoms with Crippen LogP contribution in [0, 0.1) is 13.8 Å². The molecule has 4 rings (SSSR count). The van der Waals surface area contributed by atoms with Gasteiger partial charge < -0.3 is 14.8 Å². The largest absolute Gasteiger partial charge is 0.480 e. The van der Waals surface area contributed by atoms with E-state index >= 15 is 0 Å². The fourth-order valence-electron chi connectivity index (χ4n) is 3.34. The van der Waals surface area contributed by atoms with Crippen LogP contribution in [0.3, 0.4) is 0 Å². The second kappa shape index (κ2) is 9.50. The van der Waals surface area contributed by atoms with E-state index in [2.05, 4.69) is 15.3 Å². The van der Waals surface area contributed by atoms with Crippen molar-refractivity contribution in [2.45, 2.75) is 27.0 Å². The van der Waals surface area contributed by atoms with Crippen LogP contribution >= 0.6 is 34.3 Å². The van der Waals surface area contributed by atoms with Crippen molar-refractivity contribution in [1.29, 1.82) is 0 Å². The number of hydrogen-bond donors (Lipinski definition) is 1. The monoisotopic (exact) mass is 488 g/mol. The van der Waals surface area contributed by atoms with Crippen LogP contribution < -0.4 is 10.1 Å². The number of halogens is 1. The highest BCUT2D eigenvalue weighted by molar-refractivity contribution is 7.20. The molecule has 166 valence electrons. The Kier molecular flexibility index (Phi) is 6.71. The van der Waals surface area contributed by atoms with E-state index in [0.29, 0.717) is 33.0 Å². The molecule has 4 aromatic rings. The van der Waals surface area contributed by atoms with Gasteiger partial charge >= 0.3 is 0 Å². The van der Waals surface area contributed by atoms with Crippen LogP contribution in [0.4, 0.5) is 0 Å². The van der Waals surface area contributed by atoms with Crippen molar-refractivity contribution in [1.82, 2.24) is 20.3 Å². The number of amides is 1. The minimum atomic E-state index is -0.179.